The lowest BCUT2D eigenvalue weighted by Gasteiger charge is -2.06. The Morgan fingerprint density at radius 1 is 1.25 bits per heavy atom. The Morgan fingerprint density at radius 3 is 2.75 bits per heavy atom. The van der Waals surface area contributed by atoms with Gasteiger partial charge in [0, 0.05) is 18.0 Å². The van der Waals surface area contributed by atoms with Gasteiger partial charge < -0.3 is 9.73 Å². The zero-order valence-corrected chi connectivity index (χ0v) is 12.9. The minimum atomic E-state index is 0.533. The third-order valence-corrected chi connectivity index (χ3v) is 3.32. The van der Waals surface area contributed by atoms with Crippen LogP contribution in [0.25, 0.3) is 11.3 Å². The molecule has 2 aromatic rings. The summed E-state index contributed by atoms with van der Waals surface area (Å²) in [6, 6.07) is 6.92. The number of oxazole rings is 1. The van der Waals surface area contributed by atoms with Crippen molar-refractivity contribution in [1.82, 2.24) is 10.3 Å². The van der Waals surface area contributed by atoms with Crippen LogP contribution in [0.1, 0.15) is 37.3 Å². The van der Waals surface area contributed by atoms with E-state index >= 15 is 0 Å². The third-order valence-electron chi connectivity index (χ3n) is 3.32. The molecule has 1 aromatic heterocycles. The van der Waals surface area contributed by atoms with Crippen LogP contribution in [0.5, 0.6) is 0 Å². The number of hydrogen-bond acceptors (Lipinski definition) is 3. The molecule has 0 saturated heterocycles. The van der Waals surface area contributed by atoms with Crippen LogP contribution in [-0.4, -0.2) is 17.6 Å². The Balaban J connectivity index is 1.98. The first-order valence-corrected chi connectivity index (χ1v) is 7.32. The van der Waals surface area contributed by atoms with Gasteiger partial charge >= 0.3 is 0 Å². The molecular formula is C17H24N2O. The highest BCUT2D eigenvalue weighted by atomic mass is 16.4. The molecule has 3 nitrogen and oxygen atoms in total. The molecule has 1 N–H and O–H groups in total. The highest BCUT2D eigenvalue weighted by Crippen LogP contribution is 2.25. The summed E-state index contributed by atoms with van der Waals surface area (Å²) in [6.45, 7) is 9.52. The van der Waals surface area contributed by atoms with E-state index < -0.39 is 0 Å². The predicted molar refractivity (Wildman–Crippen MR) is 82.9 cm³/mol. The van der Waals surface area contributed by atoms with Crippen LogP contribution in [0.2, 0.25) is 0 Å². The summed E-state index contributed by atoms with van der Waals surface area (Å²) < 4.78 is 5.86. The minimum Gasteiger partial charge on any atom is -0.441 e. The van der Waals surface area contributed by atoms with Gasteiger partial charge in [-0.15, -0.1) is 0 Å². The van der Waals surface area contributed by atoms with Crippen molar-refractivity contribution >= 4 is 0 Å². The molecular weight excluding hydrogens is 248 g/mol. The molecule has 1 heterocycles. The molecule has 0 aliphatic heterocycles. The molecule has 108 valence electrons. The molecule has 1 aromatic carbocycles. The Labute approximate surface area is 121 Å². The van der Waals surface area contributed by atoms with Crippen LogP contribution in [0.4, 0.5) is 0 Å². The number of nitrogens with zero attached hydrogens (tertiary/aromatic N) is 1. The molecule has 0 radical (unpaired) electrons. The molecule has 0 amide bonds. The first-order valence-electron chi connectivity index (χ1n) is 7.32. The lowest BCUT2D eigenvalue weighted by molar-refractivity contribution is 0.484. The second kappa shape index (κ2) is 6.71. The molecule has 0 atom stereocenters. The molecule has 0 aliphatic carbocycles. The van der Waals surface area contributed by atoms with Gasteiger partial charge in [0.05, 0.1) is 6.20 Å². The van der Waals surface area contributed by atoms with Crippen LogP contribution in [0.15, 0.2) is 28.8 Å². The SMILES string of the molecule is Cc1ccc(-c2cnc(CCCNC(C)C)o2)c(C)c1. The van der Waals surface area contributed by atoms with Gasteiger partial charge in [0.25, 0.3) is 0 Å². The first kappa shape index (κ1) is 14.8. The van der Waals surface area contributed by atoms with Gasteiger partial charge in [-0.3, -0.25) is 0 Å². The molecule has 20 heavy (non-hydrogen) atoms. The van der Waals surface area contributed by atoms with Gasteiger partial charge in [-0.25, -0.2) is 4.98 Å². The lowest BCUT2D eigenvalue weighted by atomic mass is 10.0. The predicted octanol–water partition coefficient (Wildman–Crippen LogP) is 3.89. The summed E-state index contributed by atoms with van der Waals surface area (Å²) in [7, 11) is 0. The molecule has 0 fully saturated rings. The van der Waals surface area contributed by atoms with Crippen molar-refractivity contribution in [1.29, 1.82) is 0 Å². The van der Waals surface area contributed by atoms with Crippen molar-refractivity contribution in [3.05, 3.63) is 41.4 Å². The number of aromatic nitrogens is 1. The van der Waals surface area contributed by atoms with Gasteiger partial charge in [0.15, 0.2) is 11.7 Å². The molecule has 0 saturated carbocycles. The van der Waals surface area contributed by atoms with Gasteiger partial charge in [0.1, 0.15) is 0 Å². The number of rotatable bonds is 6. The fraction of sp³-hybridized carbons (Fsp3) is 0.471. The van der Waals surface area contributed by atoms with Crippen LogP contribution >= 0.6 is 0 Å². The zero-order valence-electron chi connectivity index (χ0n) is 12.9. The maximum Gasteiger partial charge on any atom is 0.194 e. The molecule has 0 spiro atoms. The van der Waals surface area contributed by atoms with Crippen molar-refractivity contribution in [3.8, 4) is 11.3 Å². The fourth-order valence-corrected chi connectivity index (χ4v) is 2.27. The van der Waals surface area contributed by atoms with Crippen molar-refractivity contribution in [2.24, 2.45) is 0 Å². The third kappa shape index (κ3) is 3.94. The van der Waals surface area contributed by atoms with Crippen LogP contribution < -0.4 is 5.32 Å². The number of benzene rings is 1. The molecule has 3 heteroatoms. The largest absolute Gasteiger partial charge is 0.441 e. The average molecular weight is 272 g/mol. The Bertz CT molecular complexity index is 558. The second-order valence-corrected chi connectivity index (χ2v) is 5.65. The van der Waals surface area contributed by atoms with Crippen molar-refractivity contribution in [2.75, 3.05) is 6.54 Å². The molecule has 0 unspecified atom stereocenters. The van der Waals surface area contributed by atoms with Crippen molar-refractivity contribution in [3.63, 3.8) is 0 Å². The maximum absolute atomic E-state index is 5.86. The number of hydrogen-bond donors (Lipinski definition) is 1. The van der Waals surface area contributed by atoms with E-state index in [2.05, 4.69) is 56.2 Å². The molecule has 0 aliphatic rings. The number of aryl methyl sites for hydroxylation is 3. The highest BCUT2D eigenvalue weighted by Gasteiger charge is 2.08. The van der Waals surface area contributed by atoms with E-state index in [1.54, 1.807) is 0 Å². The van der Waals surface area contributed by atoms with Gasteiger partial charge in [-0.1, -0.05) is 37.6 Å². The highest BCUT2D eigenvalue weighted by molar-refractivity contribution is 5.61. The summed E-state index contributed by atoms with van der Waals surface area (Å²) in [4.78, 5) is 4.38. The monoisotopic (exact) mass is 272 g/mol. The van der Waals surface area contributed by atoms with Crippen LogP contribution in [-0.2, 0) is 6.42 Å². The van der Waals surface area contributed by atoms with Gasteiger partial charge in [-0.2, -0.15) is 0 Å². The van der Waals surface area contributed by atoms with Gasteiger partial charge in [0.2, 0.25) is 0 Å². The standard InChI is InChI=1S/C17H24N2O/c1-12(2)18-9-5-6-17-19-11-16(20-17)15-8-7-13(3)10-14(15)4/h7-8,10-12,18H,5-6,9H2,1-4H3. The smallest absolute Gasteiger partial charge is 0.194 e. The molecule has 2 rings (SSSR count). The summed E-state index contributed by atoms with van der Waals surface area (Å²) in [5.41, 5.74) is 3.63. The minimum absolute atomic E-state index is 0.533. The normalized spacial score (nSPS) is 11.2. The fourth-order valence-electron chi connectivity index (χ4n) is 2.27. The van der Waals surface area contributed by atoms with Crippen molar-refractivity contribution in [2.45, 2.75) is 46.6 Å². The summed E-state index contributed by atoms with van der Waals surface area (Å²) in [6.07, 6.45) is 3.76. The van der Waals surface area contributed by atoms with Gasteiger partial charge in [-0.05, 0) is 32.4 Å². The summed E-state index contributed by atoms with van der Waals surface area (Å²) in [5.74, 6) is 1.69. The Kier molecular flexibility index (Phi) is 4.96. The lowest BCUT2D eigenvalue weighted by Crippen LogP contribution is -2.23. The molecule has 0 bridgehead atoms. The summed E-state index contributed by atoms with van der Waals surface area (Å²) >= 11 is 0. The quantitative estimate of drug-likeness (QED) is 0.811. The van der Waals surface area contributed by atoms with E-state index in [0.29, 0.717) is 6.04 Å². The average Bonchev–Trinajstić information content (AvgIpc) is 2.83. The topological polar surface area (TPSA) is 38.1 Å². The Morgan fingerprint density at radius 2 is 2.05 bits per heavy atom. The maximum atomic E-state index is 5.86. The second-order valence-electron chi connectivity index (χ2n) is 5.65. The Hall–Kier alpha value is -1.61. The number of nitrogens with one attached hydrogen (secondary N) is 1. The summed E-state index contributed by atoms with van der Waals surface area (Å²) in [5, 5.41) is 3.40. The zero-order chi connectivity index (χ0) is 14.5. The van der Waals surface area contributed by atoms with E-state index in [4.69, 9.17) is 4.42 Å². The van der Waals surface area contributed by atoms with Crippen molar-refractivity contribution < 1.29 is 4.42 Å². The van der Waals surface area contributed by atoms with E-state index in [1.807, 2.05) is 6.20 Å². The van der Waals surface area contributed by atoms with E-state index in [1.165, 1.54) is 11.1 Å². The van der Waals surface area contributed by atoms with Crippen LogP contribution in [0, 0.1) is 13.8 Å². The van der Waals surface area contributed by atoms with E-state index in [-0.39, 0.29) is 0 Å². The van der Waals surface area contributed by atoms with Crippen LogP contribution in [0.3, 0.4) is 0 Å². The first-order chi connectivity index (χ1) is 9.56. The van der Waals surface area contributed by atoms with E-state index in [9.17, 15) is 0 Å². The van der Waals surface area contributed by atoms with E-state index in [0.717, 1.165) is 36.6 Å².